The molecule has 2 aromatic carbocycles. The van der Waals surface area contributed by atoms with Gasteiger partial charge in [-0.3, -0.25) is 14.4 Å². The van der Waals surface area contributed by atoms with Gasteiger partial charge < -0.3 is 29.4 Å². The highest BCUT2D eigenvalue weighted by Crippen LogP contribution is 2.32. The number of carbonyl (C=O) groups excluding carboxylic acids is 3. The standard InChI is InChI=1S/C27H33NO8/c1-4-19-8-10-20(11-9-19)16-28-27(32)26-23(31)6-5-7-24(26)36-25-15-22(34-18(3)30)14-21(35-25)12-13-33-17(2)29/h5-11,21-22,25,31H,4,12-16H2,1-3H3,(H,28,32)/t21-,22+,25+/m1/s1. The third-order valence-electron chi connectivity index (χ3n) is 5.78. The Morgan fingerprint density at radius 3 is 2.42 bits per heavy atom. The van der Waals surface area contributed by atoms with Crippen LogP contribution in [0.2, 0.25) is 0 Å². The Labute approximate surface area is 210 Å². The van der Waals surface area contributed by atoms with E-state index in [0.717, 1.165) is 12.0 Å². The Morgan fingerprint density at radius 2 is 1.75 bits per heavy atom. The third-order valence-corrected chi connectivity index (χ3v) is 5.78. The molecule has 0 saturated carbocycles. The molecule has 36 heavy (non-hydrogen) atoms. The molecule has 0 spiro atoms. The third kappa shape index (κ3) is 7.98. The molecule has 1 aliphatic heterocycles. The summed E-state index contributed by atoms with van der Waals surface area (Å²) in [4.78, 5) is 35.6. The molecule has 1 aliphatic rings. The van der Waals surface area contributed by atoms with E-state index in [0.29, 0.717) is 12.8 Å². The fourth-order valence-electron chi connectivity index (χ4n) is 4.01. The maximum Gasteiger partial charge on any atom is 0.302 e. The first-order chi connectivity index (χ1) is 17.2. The van der Waals surface area contributed by atoms with E-state index < -0.39 is 36.3 Å². The minimum atomic E-state index is -0.847. The molecule has 0 radical (unpaired) electrons. The molecular weight excluding hydrogens is 466 g/mol. The van der Waals surface area contributed by atoms with Crippen LogP contribution in [0.1, 0.15) is 61.5 Å². The topological polar surface area (TPSA) is 120 Å². The van der Waals surface area contributed by atoms with Crippen LogP contribution in [-0.4, -0.2) is 48.1 Å². The predicted octanol–water partition coefficient (Wildman–Crippen LogP) is 3.65. The highest BCUT2D eigenvalue weighted by molar-refractivity contribution is 5.99. The van der Waals surface area contributed by atoms with Crippen LogP contribution in [0.15, 0.2) is 42.5 Å². The lowest BCUT2D eigenvalue weighted by Crippen LogP contribution is -2.41. The Bertz CT molecular complexity index is 1050. The van der Waals surface area contributed by atoms with Gasteiger partial charge in [-0.25, -0.2) is 0 Å². The van der Waals surface area contributed by atoms with Gasteiger partial charge in [0.1, 0.15) is 23.2 Å². The average Bonchev–Trinajstić information content (AvgIpc) is 2.82. The first-order valence-electron chi connectivity index (χ1n) is 12.1. The van der Waals surface area contributed by atoms with Gasteiger partial charge in [-0.1, -0.05) is 37.3 Å². The Kier molecular flexibility index (Phi) is 9.69. The highest BCUT2D eigenvalue weighted by Gasteiger charge is 2.33. The predicted molar refractivity (Wildman–Crippen MR) is 130 cm³/mol. The minimum Gasteiger partial charge on any atom is -0.507 e. The largest absolute Gasteiger partial charge is 0.507 e. The average molecular weight is 500 g/mol. The molecule has 194 valence electrons. The number of aromatic hydroxyl groups is 1. The summed E-state index contributed by atoms with van der Waals surface area (Å²) in [6, 6.07) is 12.4. The van der Waals surface area contributed by atoms with Crippen molar-refractivity contribution in [3.8, 4) is 11.5 Å². The second kappa shape index (κ2) is 12.9. The molecule has 9 heteroatoms. The van der Waals surface area contributed by atoms with Crippen LogP contribution >= 0.6 is 0 Å². The van der Waals surface area contributed by atoms with Gasteiger partial charge in [0.05, 0.1) is 12.7 Å². The van der Waals surface area contributed by atoms with Gasteiger partial charge in [0, 0.05) is 39.7 Å². The molecule has 1 fully saturated rings. The number of rotatable bonds is 10. The summed E-state index contributed by atoms with van der Waals surface area (Å²) in [7, 11) is 0. The molecule has 3 atom stereocenters. The number of carbonyl (C=O) groups is 3. The lowest BCUT2D eigenvalue weighted by atomic mass is 10.0. The summed E-state index contributed by atoms with van der Waals surface area (Å²) in [5.41, 5.74) is 2.11. The van der Waals surface area contributed by atoms with Gasteiger partial charge in [0.2, 0.25) is 6.29 Å². The Morgan fingerprint density at radius 1 is 1.03 bits per heavy atom. The summed E-state index contributed by atoms with van der Waals surface area (Å²) in [6.07, 6.45) is 0.270. The number of hydrogen-bond donors (Lipinski definition) is 2. The van der Waals surface area contributed by atoms with E-state index in [4.69, 9.17) is 18.9 Å². The zero-order valence-corrected chi connectivity index (χ0v) is 20.8. The van der Waals surface area contributed by atoms with Crippen LogP contribution in [0.3, 0.4) is 0 Å². The maximum absolute atomic E-state index is 13.0. The van der Waals surface area contributed by atoms with Gasteiger partial charge in [-0.2, -0.15) is 0 Å². The molecule has 1 saturated heterocycles. The van der Waals surface area contributed by atoms with E-state index >= 15 is 0 Å². The Hall–Kier alpha value is -3.59. The van der Waals surface area contributed by atoms with E-state index in [1.165, 1.54) is 25.5 Å². The van der Waals surface area contributed by atoms with E-state index in [9.17, 15) is 19.5 Å². The van der Waals surface area contributed by atoms with Crippen LogP contribution in [0.25, 0.3) is 0 Å². The number of hydrogen-bond acceptors (Lipinski definition) is 8. The summed E-state index contributed by atoms with van der Waals surface area (Å²) in [5, 5.41) is 13.3. The quantitative estimate of drug-likeness (QED) is 0.475. The molecule has 0 unspecified atom stereocenters. The zero-order valence-electron chi connectivity index (χ0n) is 20.8. The molecular formula is C27H33NO8. The van der Waals surface area contributed by atoms with Crippen molar-refractivity contribution in [3.05, 3.63) is 59.2 Å². The summed E-state index contributed by atoms with van der Waals surface area (Å²) in [5.74, 6) is -1.41. The van der Waals surface area contributed by atoms with Gasteiger partial charge in [0.15, 0.2) is 0 Å². The van der Waals surface area contributed by atoms with Crippen molar-refractivity contribution in [2.75, 3.05) is 6.61 Å². The normalized spacial score (nSPS) is 19.2. The number of nitrogens with one attached hydrogen (secondary N) is 1. The molecule has 3 rings (SSSR count). The van der Waals surface area contributed by atoms with Gasteiger partial charge >= 0.3 is 11.9 Å². The second-order valence-corrected chi connectivity index (χ2v) is 8.64. The van der Waals surface area contributed by atoms with Crippen LogP contribution < -0.4 is 10.1 Å². The molecule has 1 amide bonds. The SMILES string of the molecule is CCc1ccc(CNC(=O)c2c(O)cccc2O[C@H]2C[C@@H](OC(C)=O)C[C@@H](CCOC(C)=O)O2)cc1. The van der Waals surface area contributed by atoms with E-state index in [1.807, 2.05) is 24.3 Å². The highest BCUT2D eigenvalue weighted by atomic mass is 16.7. The van der Waals surface area contributed by atoms with Crippen molar-refractivity contribution in [1.82, 2.24) is 5.32 Å². The van der Waals surface area contributed by atoms with Crippen LogP contribution in [0.4, 0.5) is 0 Å². The number of esters is 2. The van der Waals surface area contributed by atoms with E-state index in [2.05, 4.69) is 12.2 Å². The van der Waals surface area contributed by atoms with E-state index in [-0.39, 0.29) is 36.6 Å². The van der Waals surface area contributed by atoms with Crippen LogP contribution in [0.5, 0.6) is 11.5 Å². The van der Waals surface area contributed by atoms with Crippen LogP contribution in [0, 0.1) is 0 Å². The lowest BCUT2D eigenvalue weighted by Gasteiger charge is -2.35. The second-order valence-electron chi connectivity index (χ2n) is 8.64. The van der Waals surface area contributed by atoms with Crippen molar-refractivity contribution in [3.63, 3.8) is 0 Å². The smallest absolute Gasteiger partial charge is 0.302 e. The molecule has 1 heterocycles. The first kappa shape index (κ1) is 27.0. The number of ether oxygens (including phenoxy) is 4. The zero-order chi connectivity index (χ0) is 26.1. The van der Waals surface area contributed by atoms with Gasteiger partial charge in [-0.05, 0) is 29.7 Å². The van der Waals surface area contributed by atoms with Gasteiger partial charge in [0.25, 0.3) is 5.91 Å². The number of amides is 1. The van der Waals surface area contributed by atoms with Crippen molar-refractivity contribution in [2.24, 2.45) is 0 Å². The Balaban J connectivity index is 1.70. The summed E-state index contributed by atoms with van der Waals surface area (Å²) >= 11 is 0. The van der Waals surface area contributed by atoms with Crippen molar-refractivity contribution >= 4 is 17.8 Å². The van der Waals surface area contributed by atoms with Crippen LogP contribution in [-0.2, 0) is 36.8 Å². The number of phenolic OH excluding ortho intramolecular Hbond substituents is 1. The summed E-state index contributed by atoms with van der Waals surface area (Å²) in [6.45, 7) is 5.15. The molecule has 2 N–H and O–H groups in total. The van der Waals surface area contributed by atoms with Crippen molar-refractivity contribution in [2.45, 2.75) is 71.5 Å². The number of benzene rings is 2. The first-order valence-corrected chi connectivity index (χ1v) is 12.1. The minimum absolute atomic E-state index is 0.0163. The molecule has 2 aromatic rings. The van der Waals surface area contributed by atoms with Crippen molar-refractivity contribution in [1.29, 1.82) is 0 Å². The summed E-state index contributed by atoms with van der Waals surface area (Å²) < 4.78 is 22.4. The fourth-order valence-corrected chi connectivity index (χ4v) is 4.01. The molecule has 9 nitrogen and oxygen atoms in total. The van der Waals surface area contributed by atoms with E-state index in [1.54, 1.807) is 12.1 Å². The number of aryl methyl sites for hydroxylation is 1. The van der Waals surface area contributed by atoms with Gasteiger partial charge in [-0.15, -0.1) is 0 Å². The monoisotopic (exact) mass is 499 g/mol. The fraction of sp³-hybridized carbons (Fsp3) is 0.444. The molecule has 0 aliphatic carbocycles. The maximum atomic E-state index is 13.0. The lowest BCUT2D eigenvalue weighted by molar-refractivity contribution is -0.192. The molecule has 0 aromatic heterocycles. The van der Waals surface area contributed by atoms with Crippen molar-refractivity contribution < 1.29 is 38.4 Å². The number of phenols is 1. The molecule has 0 bridgehead atoms.